The molecule has 0 unspecified atom stereocenters. The number of nitrogens with one attached hydrogen (secondary N) is 1. The Morgan fingerprint density at radius 1 is 1.39 bits per heavy atom. The van der Waals surface area contributed by atoms with Crippen LogP contribution in [0.25, 0.3) is 0 Å². The average Bonchev–Trinajstić information content (AvgIpc) is 2.32. The van der Waals surface area contributed by atoms with Gasteiger partial charge in [-0.05, 0) is 24.3 Å². The van der Waals surface area contributed by atoms with Crippen LogP contribution in [0.5, 0.6) is 0 Å². The summed E-state index contributed by atoms with van der Waals surface area (Å²) in [7, 11) is 0. The van der Waals surface area contributed by atoms with Crippen molar-refractivity contribution in [3.63, 3.8) is 0 Å². The molecule has 3 N–H and O–H groups in total. The van der Waals surface area contributed by atoms with Crippen molar-refractivity contribution in [2.45, 2.75) is 0 Å². The summed E-state index contributed by atoms with van der Waals surface area (Å²) in [5.74, 6) is -0.743. The predicted octanol–water partition coefficient (Wildman–Crippen LogP) is 2.10. The molecule has 0 saturated carbocycles. The Labute approximate surface area is 107 Å². The van der Waals surface area contributed by atoms with Crippen LogP contribution in [0.2, 0.25) is 5.02 Å². The van der Waals surface area contributed by atoms with Crippen LogP contribution in [-0.2, 0) is 0 Å². The molecule has 5 nitrogen and oxygen atoms in total. The number of hydrogen-bond donors (Lipinski definition) is 2. The van der Waals surface area contributed by atoms with E-state index in [1.54, 1.807) is 0 Å². The number of nitrogens with zero attached hydrogens (tertiary/aromatic N) is 2. The number of carbonyl (C=O) groups is 1. The maximum Gasteiger partial charge on any atom is 0.256 e. The van der Waals surface area contributed by atoms with Gasteiger partial charge in [0.25, 0.3) is 5.91 Å². The molecule has 7 heteroatoms. The number of nitrogens with two attached hydrogens (primary N) is 1. The van der Waals surface area contributed by atoms with Crippen molar-refractivity contribution in [1.82, 2.24) is 9.97 Å². The van der Waals surface area contributed by atoms with E-state index in [1.165, 1.54) is 24.4 Å². The largest absolute Gasteiger partial charge is 0.368 e. The van der Waals surface area contributed by atoms with Crippen LogP contribution in [0, 0.1) is 5.82 Å². The molecular formula is C11H8ClFN4O. The highest BCUT2D eigenvalue weighted by Crippen LogP contribution is 2.16. The Kier molecular flexibility index (Phi) is 3.38. The van der Waals surface area contributed by atoms with Gasteiger partial charge in [0.05, 0.1) is 5.02 Å². The molecule has 18 heavy (non-hydrogen) atoms. The summed E-state index contributed by atoms with van der Waals surface area (Å²) in [6.07, 6.45) is 1.41. The molecule has 0 radical (unpaired) electrons. The first-order valence-electron chi connectivity index (χ1n) is 4.91. The number of amides is 1. The van der Waals surface area contributed by atoms with Crippen molar-refractivity contribution in [2.24, 2.45) is 0 Å². The van der Waals surface area contributed by atoms with Gasteiger partial charge in [0.1, 0.15) is 11.6 Å². The first-order valence-corrected chi connectivity index (χ1v) is 5.29. The molecule has 0 saturated heterocycles. The number of anilines is 2. The molecule has 2 aromatic rings. The quantitative estimate of drug-likeness (QED) is 0.872. The van der Waals surface area contributed by atoms with Crippen molar-refractivity contribution in [2.75, 3.05) is 11.1 Å². The standard InChI is InChI=1S/C11H8ClFN4O/c12-7-5-6(1-2-8(7)13)10(18)16-9-3-4-15-11(14)17-9/h1-5H,(H3,14,15,16,17,18). The fourth-order valence-electron chi connectivity index (χ4n) is 1.27. The van der Waals surface area contributed by atoms with Gasteiger partial charge in [0.15, 0.2) is 0 Å². The van der Waals surface area contributed by atoms with E-state index in [2.05, 4.69) is 15.3 Å². The van der Waals surface area contributed by atoms with Gasteiger partial charge in [-0.1, -0.05) is 11.6 Å². The highest BCUT2D eigenvalue weighted by Gasteiger charge is 2.09. The second kappa shape index (κ2) is 4.97. The van der Waals surface area contributed by atoms with Crippen LogP contribution >= 0.6 is 11.6 Å². The molecule has 1 heterocycles. The number of halogens is 2. The first-order chi connectivity index (χ1) is 8.56. The van der Waals surface area contributed by atoms with Gasteiger partial charge in [-0.2, -0.15) is 4.98 Å². The number of carbonyl (C=O) groups excluding carboxylic acids is 1. The van der Waals surface area contributed by atoms with Crippen LogP contribution in [0.1, 0.15) is 10.4 Å². The SMILES string of the molecule is Nc1nccc(NC(=O)c2ccc(F)c(Cl)c2)n1. The van der Waals surface area contributed by atoms with Gasteiger partial charge in [0, 0.05) is 11.8 Å². The van der Waals surface area contributed by atoms with E-state index in [-0.39, 0.29) is 22.4 Å². The molecule has 2 rings (SSSR count). The lowest BCUT2D eigenvalue weighted by atomic mass is 10.2. The zero-order valence-corrected chi connectivity index (χ0v) is 9.78. The summed E-state index contributed by atoms with van der Waals surface area (Å²) in [6.45, 7) is 0. The third kappa shape index (κ3) is 2.72. The van der Waals surface area contributed by atoms with Crippen molar-refractivity contribution in [3.8, 4) is 0 Å². The van der Waals surface area contributed by atoms with E-state index in [1.807, 2.05) is 0 Å². The summed E-state index contributed by atoms with van der Waals surface area (Å²) < 4.78 is 12.9. The Balaban J connectivity index is 2.19. The summed E-state index contributed by atoms with van der Waals surface area (Å²) in [5.41, 5.74) is 5.59. The topological polar surface area (TPSA) is 80.9 Å². The molecule has 92 valence electrons. The number of nitrogen functional groups attached to an aromatic ring is 1. The summed E-state index contributed by atoms with van der Waals surface area (Å²) in [6, 6.07) is 5.16. The molecule has 0 atom stereocenters. The molecule has 0 aliphatic rings. The molecule has 0 spiro atoms. The smallest absolute Gasteiger partial charge is 0.256 e. The van der Waals surface area contributed by atoms with Gasteiger partial charge in [0.2, 0.25) is 5.95 Å². The third-order valence-electron chi connectivity index (χ3n) is 2.10. The van der Waals surface area contributed by atoms with E-state index < -0.39 is 11.7 Å². The van der Waals surface area contributed by atoms with Crippen LogP contribution < -0.4 is 11.1 Å². The minimum Gasteiger partial charge on any atom is -0.368 e. The van der Waals surface area contributed by atoms with Crippen molar-refractivity contribution >= 4 is 29.3 Å². The average molecular weight is 267 g/mol. The fourth-order valence-corrected chi connectivity index (χ4v) is 1.45. The molecule has 0 aliphatic carbocycles. The van der Waals surface area contributed by atoms with E-state index in [0.29, 0.717) is 0 Å². The molecular weight excluding hydrogens is 259 g/mol. The van der Waals surface area contributed by atoms with E-state index in [9.17, 15) is 9.18 Å². The second-order valence-corrected chi connectivity index (χ2v) is 3.79. The Hall–Kier alpha value is -2.21. The Morgan fingerprint density at radius 3 is 2.83 bits per heavy atom. The van der Waals surface area contributed by atoms with Crippen LogP contribution in [0.15, 0.2) is 30.5 Å². The third-order valence-corrected chi connectivity index (χ3v) is 2.39. The zero-order valence-electron chi connectivity index (χ0n) is 9.02. The second-order valence-electron chi connectivity index (χ2n) is 3.38. The summed E-state index contributed by atoms with van der Waals surface area (Å²) in [5, 5.41) is 2.37. The van der Waals surface area contributed by atoms with Gasteiger partial charge >= 0.3 is 0 Å². The minimum atomic E-state index is -0.584. The maximum atomic E-state index is 12.9. The van der Waals surface area contributed by atoms with Crippen molar-refractivity contribution < 1.29 is 9.18 Å². The lowest BCUT2D eigenvalue weighted by Gasteiger charge is -2.05. The minimum absolute atomic E-state index is 0.0462. The van der Waals surface area contributed by atoms with Crippen LogP contribution in [0.3, 0.4) is 0 Å². The molecule has 1 aromatic heterocycles. The molecule has 0 aliphatic heterocycles. The van der Waals surface area contributed by atoms with Crippen molar-refractivity contribution in [1.29, 1.82) is 0 Å². The monoisotopic (exact) mass is 266 g/mol. The van der Waals surface area contributed by atoms with E-state index in [4.69, 9.17) is 17.3 Å². The number of aromatic nitrogens is 2. The van der Waals surface area contributed by atoms with Gasteiger partial charge in [-0.25, -0.2) is 9.37 Å². The molecule has 1 aromatic carbocycles. The normalized spacial score (nSPS) is 10.1. The molecule has 0 bridgehead atoms. The van der Waals surface area contributed by atoms with Crippen LogP contribution in [0.4, 0.5) is 16.2 Å². The van der Waals surface area contributed by atoms with E-state index >= 15 is 0 Å². The number of rotatable bonds is 2. The lowest BCUT2D eigenvalue weighted by Crippen LogP contribution is -2.13. The Morgan fingerprint density at radius 2 is 2.17 bits per heavy atom. The summed E-state index contributed by atoms with van der Waals surface area (Å²) in [4.78, 5) is 19.3. The van der Waals surface area contributed by atoms with Gasteiger partial charge in [-0.15, -0.1) is 0 Å². The van der Waals surface area contributed by atoms with Crippen LogP contribution in [-0.4, -0.2) is 15.9 Å². The molecule has 1 amide bonds. The summed E-state index contributed by atoms with van der Waals surface area (Å²) >= 11 is 5.59. The fraction of sp³-hybridized carbons (Fsp3) is 0. The highest BCUT2D eigenvalue weighted by molar-refractivity contribution is 6.31. The van der Waals surface area contributed by atoms with Gasteiger partial charge < -0.3 is 11.1 Å². The zero-order chi connectivity index (χ0) is 13.1. The molecule has 0 fully saturated rings. The van der Waals surface area contributed by atoms with Crippen molar-refractivity contribution in [3.05, 3.63) is 46.9 Å². The van der Waals surface area contributed by atoms with Gasteiger partial charge in [-0.3, -0.25) is 4.79 Å². The highest BCUT2D eigenvalue weighted by atomic mass is 35.5. The lowest BCUT2D eigenvalue weighted by molar-refractivity contribution is 0.102. The predicted molar refractivity (Wildman–Crippen MR) is 65.8 cm³/mol. The van der Waals surface area contributed by atoms with E-state index in [0.717, 1.165) is 6.07 Å². The Bertz CT molecular complexity index is 605. The number of benzene rings is 1. The maximum absolute atomic E-state index is 12.9. The first kappa shape index (κ1) is 12.3. The number of hydrogen-bond acceptors (Lipinski definition) is 4.